The van der Waals surface area contributed by atoms with Crippen molar-refractivity contribution in [2.45, 2.75) is 38.7 Å². The zero-order valence-corrected chi connectivity index (χ0v) is 13.6. The monoisotopic (exact) mass is 298 g/mol. The van der Waals surface area contributed by atoms with Gasteiger partial charge in [0.15, 0.2) is 11.5 Å². The molecule has 112 valence electrons. The van der Waals surface area contributed by atoms with E-state index in [2.05, 4.69) is 19.9 Å². The highest BCUT2D eigenvalue weighted by Crippen LogP contribution is 2.42. The Bertz CT molecular complexity index is 483. The van der Waals surface area contributed by atoms with Crippen LogP contribution in [-0.2, 0) is 11.2 Å². The smallest absolute Gasteiger partial charge is 0.161 e. The summed E-state index contributed by atoms with van der Waals surface area (Å²) in [6.07, 6.45) is 0.816. The highest BCUT2D eigenvalue weighted by atomic mass is 35.5. The van der Waals surface area contributed by atoms with Crippen LogP contribution in [0.15, 0.2) is 12.1 Å². The summed E-state index contributed by atoms with van der Waals surface area (Å²) in [7, 11) is 3.30. The first kappa shape index (κ1) is 15.5. The summed E-state index contributed by atoms with van der Waals surface area (Å²) < 4.78 is 16.9. The predicted octanol–water partition coefficient (Wildman–Crippen LogP) is 3.97. The molecule has 0 saturated heterocycles. The van der Waals surface area contributed by atoms with Crippen molar-refractivity contribution in [3.05, 3.63) is 23.3 Å². The normalized spacial score (nSPS) is 22.6. The van der Waals surface area contributed by atoms with Gasteiger partial charge in [0, 0.05) is 0 Å². The molecule has 20 heavy (non-hydrogen) atoms. The van der Waals surface area contributed by atoms with Gasteiger partial charge in [-0.1, -0.05) is 13.8 Å². The van der Waals surface area contributed by atoms with Gasteiger partial charge < -0.3 is 14.2 Å². The van der Waals surface area contributed by atoms with Crippen molar-refractivity contribution in [3.63, 3.8) is 0 Å². The first-order chi connectivity index (χ1) is 9.38. The molecule has 1 aromatic rings. The van der Waals surface area contributed by atoms with Crippen LogP contribution in [0.1, 0.15) is 38.0 Å². The maximum Gasteiger partial charge on any atom is 0.161 e. The van der Waals surface area contributed by atoms with Gasteiger partial charge in [0.05, 0.1) is 32.3 Å². The third-order valence-corrected chi connectivity index (χ3v) is 3.92. The maximum absolute atomic E-state index is 6.32. The van der Waals surface area contributed by atoms with Gasteiger partial charge in [0.2, 0.25) is 0 Å². The quantitative estimate of drug-likeness (QED) is 0.790. The summed E-state index contributed by atoms with van der Waals surface area (Å²) in [6.45, 7) is 7.06. The molecular weight excluding hydrogens is 276 g/mol. The zero-order valence-electron chi connectivity index (χ0n) is 12.8. The fraction of sp³-hybridized carbons (Fsp3) is 0.625. The summed E-state index contributed by atoms with van der Waals surface area (Å²) in [5, 5.41) is -0.0965. The summed E-state index contributed by atoms with van der Waals surface area (Å²) in [6, 6.07) is 4.05. The van der Waals surface area contributed by atoms with Crippen LogP contribution < -0.4 is 9.47 Å². The third kappa shape index (κ3) is 3.04. The highest BCUT2D eigenvalue weighted by Gasteiger charge is 2.32. The van der Waals surface area contributed by atoms with Crippen LogP contribution in [0, 0.1) is 5.41 Å². The highest BCUT2D eigenvalue weighted by molar-refractivity contribution is 6.20. The van der Waals surface area contributed by atoms with Crippen LogP contribution in [-0.4, -0.2) is 26.2 Å². The number of halogens is 1. The van der Waals surface area contributed by atoms with Crippen molar-refractivity contribution < 1.29 is 14.2 Å². The van der Waals surface area contributed by atoms with Gasteiger partial charge in [-0.05, 0) is 42.0 Å². The van der Waals surface area contributed by atoms with Crippen LogP contribution in [0.25, 0.3) is 0 Å². The SMILES string of the molecule is COc1cc2c(cc1OC)C(C(C)Cl)OCC(C)(C)C2. The lowest BCUT2D eigenvalue weighted by Gasteiger charge is -2.23. The molecular formula is C16H23ClO3. The number of rotatable bonds is 3. The van der Waals surface area contributed by atoms with Crippen LogP contribution in [0.2, 0.25) is 0 Å². The van der Waals surface area contributed by atoms with Crippen molar-refractivity contribution in [2.75, 3.05) is 20.8 Å². The largest absolute Gasteiger partial charge is 0.493 e. The molecule has 0 aromatic heterocycles. The van der Waals surface area contributed by atoms with Crippen molar-refractivity contribution in [1.82, 2.24) is 0 Å². The number of hydrogen-bond acceptors (Lipinski definition) is 3. The number of ether oxygens (including phenoxy) is 3. The van der Waals surface area contributed by atoms with Crippen molar-refractivity contribution in [2.24, 2.45) is 5.41 Å². The van der Waals surface area contributed by atoms with Gasteiger partial charge >= 0.3 is 0 Å². The summed E-state index contributed by atoms with van der Waals surface area (Å²) >= 11 is 6.32. The van der Waals surface area contributed by atoms with Crippen LogP contribution >= 0.6 is 11.6 Å². The molecule has 2 unspecified atom stereocenters. The number of methoxy groups -OCH3 is 2. The molecule has 1 heterocycles. The first-order valence-corrected chi connectivity index (χ1v) is 7.32. The molecule has 0 amide bonds. The van der Waals surface area contributed by atoms with Gasteiger partial charge in [-0.2, -0.15) is 0 Å². The fourth-order valence-corrected chi connectivity index (χ4v) is 2.92. The molecule has 0 radical (unpaired) electrons. The minimum absolute atomic E-state index is 0.0783. The molecule has 1 aliphatic rings. The third-order valence-electron chi connectivity index (χ3n) is 3.69. The van der Waals surface area contributed by atoms with Crippen molar-refractivity contribution >= 4 is 11.6 Å². The molecule has 0 spiro atoms. The van der Waals surface area contributed by atoms with E-state index in [1.54, 1.807) is 14.2 Å². The molecule has 2 atom stereocenters. The van der Waals surface area contributed by atoms with E-state index in [1.165, 1.54) is 5.56 Å². The van der Waals surface area contributed by atoms with Crippen molar-refractivity contribution in [3.8, 4) is 11.5 Å². The van der Waals surface area contributed by atoms with Gasteiger partial charge in [-0.3, -0.25) is 0 Å². The second-order valence-corrected chi connectivity index (χ2v) is 6.84. The second kappa shape index (κ2) is 5.82. The lowest BCUT2D eigenvalue weighted by atomic mass is 9.85. The Balaban J connectivity index is 2.56. The number of alkyl halides is 1. The van der Waals surface area contributed by atoms with E-state index < -0.39 is 0 Å². The summed E-state index contributed by atoms with van der Waals surface area (Å²) in [5.74, 6) is 1.47. The average Bonchev–Trinajstić information content (AvgIpc) is 2.51. The van der Waals surface area contributed by atoms with E-state index in [9.17, 15) is 0 Å². The molecule has 1 aromatic carbocycles. The second-order valence-electron chi connectivity index (χ2n) is 6.16. The van der Waals surface area contributed by atoms with Crippen molar-refractivity contribution in [1.29, 1.82) is 0 Å². The van der Waals surface area contributed by atoms with Gasteiger partial charge in [-0.15, -0.1) is 11.6 Å². The standard InChI is InChI=1S/C16H23ClO3/c1-10(17)15-12-7-14(19-5)13(18-4)6-11(12)8-16(2,3)9-20-15/h6-7,10,15H,8-9H2,1-5H3. The molecule has 4 heteroatoms. The van der Waals surface area contributed by atoms with Crippen LogP contribution in [0.4, 0.5) is 0 Å². The lowest BCUT2D eigenvalue weighted by Crippen LogP contribution is -2.21. The Morgan fingerprint density at radius 2 is 1.85 bits per heavy atom. The van der Waals surface area contributed by atoms with E-state index in [4.69, 9.17) is 25.8 Å². The number of fused-ring (bicyclic) bond motifs is 1. The molecule has 3 nitrogen and oxygen atoms in total. The molecule has 0 fully saturated rings. The molecule has 2 rings (SSSR count). The van der Waals surface area contributed by atoms with E-state index in [0.717, 1.165) is 23.5 Å². The molecule has 0 aliphatic carbocycles. The molecule has 0 saturated carbocycles. The van der Waals surface area contributed by atoms with Crippen LogP contribution in [0.5, 0.6) is 11.5 Å². The van der Waals surface area contributed by atoms with Gasteiger partial charge in [0.25, 0.3) is 0 Å². The Morgan fingerprint density at radius 3 is 2.40 bits per heavy atom. The topological polar surface area (TPSA) is 27.7 Å². The fourth-order valence-electron chi connectivity index (χ4n) is 2.71. The van der Waals surface area contributed by atoms with Crippen LogP contribution in [0.3, 0.4) is 0 Å². The Kier molecular flexibility index (Phi) is 4.50. The Hall–Kier alpha value is -0.930. The Morgan fingerprint density at radius 1 is 1.25 bits per heavy atom. The van der Waals surface area contributed by atoms with Gasteiger partial charge in [0.1, 0.15) is 0 Å². The molecule has 1 aliphatic heterocycles. The predicted molar refractivity (Wildman–Crippen MR) is 81.0 cm³/mol. The van der Waals surface area contributed by atoms with E-state index >= 15 is 0 Å². The minimum atomic E-state index is -0.117. The first-order valence-electron chi connectivity index (χ1n) is 6.88. The molecule has 0 bridgehead atoms. The average molecular weight is 299 g/mol. The van der Waals surface area contributed by atoms with E-state index in [1.807, 2.05) is 13.0 Å². The Labute approximate surface area is 126 Å². The van der Waals surface area contributed by atoms with Gasteiger partial charge in [-0.25, -0.2) is 0 Å². The van der Waals surface area contributed by atoms with E-state index in [0.29, 0.717) is 6.61 Å². The maximum atomic E-state index is 6.32. The lowest BCUT2D eigenvalue weighted by molar-refractivity contribution is 0.0104. The number of benzene rings is 1. The minimum Gasteiger partial charge on any atom is -0.493 e. The summed E-state index contributed by atoms with van der Waals surface area (Å²) in [5.41, 5.74) is 2.41. The number of hydrogen-bond donors (Lipinski definition) is 0. The summed E-state index contributed by atoms with van der Waals surface area (Å²) in [4.78, 5) is 0. The molecule has 0 N–H and O–H groups in total. The van der Waals surface area contributed by atoms with E-state index in [-0.39, 0.29) is 16.9 Å². The zero-order chi connectivity index (χ0) is 14.9.